The molecular formula is C29H35BrN2O5S. The largest absolute Gasteiger partial charge is 0.497 e. The summed E-state index contributed by atoms with van der Waals surface area (Å²) >= 11 is 5.81. The zero-order valence-electron chi connectivity index (χ0n) is 21.9. The maximum Gasteiger partial charge on any atom is 0.142 e. The molecule has 6 rings (SSSR count). The lowest BCUT2D eigenvalue weighted by Crippen LogP contribution is -2.54. The van der Waals surface area contributed by atoms with Crippen LogP contribution in [0.15, 0.2) is 40.0 Å². The second kappa shape index (κ2) is 10.9. The number of nitrogens with zero attached hydrogens (tertiary/aromatic N) is 1. The molecule has 4 atom stereocenters. The van der Waals surface area contributed by atoms with Crippen molar-refractivity contribution in [3.63, 3.8) is 0 Å². The van der Waals surface area contributed by atoms with E-state index in [0.29, 0.717) is 18.9 Å². The van der Waals surface area contributed by atoms with Crippen LogP contribution in [0, 0.1) is 5.92 Å². The van der Waals surface area contributed by atoms with Crippen LogP contribution in [-0.4, -0.2) is 55.6 Å². The Morgan fingerprint density at radius 3 is 2.74 bits per heavy atom. The molecule has 38 heavy (non-hydrogen) atoms. The Hall–Kier alpha value is -1.94. The molecule has 2 aromatic rings. The molecule has 2 heterocycles. The minimum atomic E-state index is -0.275. The molecule has 2 aromatic carbocycles. The van der Waals surface area contributed by atoms with E-state index in [1.165, 1.54) is 29.5 Å². The Labute approximate surface area is 236 Å². The van der Waals surface area contributed by atoms with Crippen LogP contribution in [0.25, 0.3) is 0 Å². The fourth-order valence-electron chi connectivity index (χ4n) is 6.27. The third-order valence-corrected chi connectivity index (χ3v) is 10.6. The first-order chi connectivity index (χ1) is 18.5. The van der Waals surface area contributed by atoms with Gasteiger partial charge in [-0.15, -0.1) is 0 Å². The lowest BCUT2D eigenvalue weighted by atomic mass is 9.64. The number of oxime groups is 1. The summed E-state index contributed by atoms with van der Waals surface area (Å²) < 4.78 is 19.4. The van der Waals surface area contributed by atoms with Gasteiger partial charge in [-0.1, -0.05) is 17.3 Å². The van der Waals surface area contributed by atoms with Crippen LogP contribution >= 0.6 is 27.7 Å². The van der Waals surface area contributed by atoms with E-state index >= 15 is 0 Å². The highest BCUT2D eigenvalue weighted by molar-refractivity contribution is 9.10. The lowest BCUT2D eigenvalue weighted by molar-refractivity contribution is 0.109. The molecule has 9 heteroatoms. The normalized spacial score (nSPS) is 28.7. The molecule has 0 radical (unpaired) electrons. The molecule has 1 spiro atoms. The molecule has 2 aliphatic heterocycles. The van der Waals surface area contributed by atoms with Gasteiger partial charge < -0.3 is 29.5 Å². The van der Waals surface area contributed by atoms with Crippen LogP contribution < -0.4 is 19.5 Å². The van der Waals surface area contributed by atoms with Crippen molar-refractivity contribution >= 4 is 33.4 Å². The van der Waals surface area contributed by atoms with Crippen LogP contribution in [0.1, 0.15) is 48.8 Å². The average molecular weight is 604 g/mol. The molecule has 0 saturated heterocycles. The fourth-order valence-corrected chi connectivity index (χ4v) is 8.35. The van der Waals surface area contributed by atoms with Crippen molar-refractivity contribution in [2.75, 3.05) is 27.4 Å². The molecule has 204 valence electrons. The van der Waals surface area contributed by atoms with Gasteiger partial charge in [-0.05, 0) is 70.4 Å². The van der Waals surface area contributed by atoms with Crippen molar-refractivity contribution in [2.45, 2.75) is 67.2 Å². The molecular weight excluding hydrogens is 568 g/mol. The minimum absolute atomic E-state index is 0.0286. The number of thioether (sulfide) groups is 1. The van der Waals surface area contributed by atoms with E-state index in [0.717, 1.165) is 52.6 Å². The summed E-state index contributed by atoms with van der Waals surface area (Å²) in [5.41, 5.74) is 4.45. The van der Waals surface area contributed by atoms with Crippen molar-refractivity contribution in [1.82, 2.24) is 5.32 Å². The van der Waals surface area contributed by atoms with E-state index in [1.807, 2.05) is 23.9 Å². The standard InChI is InChI=1S/C29H35BrN2O5S/c1-34-22-7-5-18(6-8-22)16-38-25-11-20(32-35-2)10-24-29(25)12-21(14-33)31-13-19-9-23(36-15-17-3-4-17)27(30)28(37-24)26(19)29/h5-9,17,21,24-25,31,33H,3-4,10-16H2,1-2H3/b32-20+/t21-,24+,25+,29+/m0/s1. The van der Waals surface area contributed by atoms with Gasteiger partial charge in [-0.25, -0.2) is 0 Å². The molecule has 0 bridgehead atoms. The molecule has 2 saturated carbocycles. The van der Waals surface area contributed by atoms with E-state index in [-0.39, 0.29) is 29.4 Å². The summed E-state index contributed by atoms with van der Waals surface area (Å²) in [4.78, 5) is 5.25. The Balaban J connectivity index is 1.41. The highest BCUT2D eigenvalue weighted by Gasteiger charge is 2.60. The Morgan fingerprint density at radius 2 is 2.03 bits per heavy atom. The van der Waals surface area contributed by atoms with E-state index in [9.17, 15) is 5.11 Å². The topological polar surface area (TPSA) is 81.5 Å². The molecule has 7 nitrogen and oxygen atoms in total. The van der Waals surface area contributed by atoms with Crippen molar-refractivity contribution in [3.8, 4) is 17.2 Å². The van der Waals surface area contributed by atoms with Crippen LogP contribution in [0.4, 0.5) is 0 Å². The average Bonchev–Trinajstić information content (AvgIpc) is 3.72. The predicted octanol–water partition coefficient (Wildman–Crippen LogP) is 5.20. The number of aliphatic hydroxyl groups is 1. The fraction of sp³-hybridized carbons (Fsp3) is 0.552. The first-order valence-corrected chi connectivity index (χ1v) is 15.2. The van der Waals surface area contributed by atoms with Gasteiger partial charge in [0, 0.05) is 42.0 Å². The number of halogens is 1. The third kappa shape index (κ3) is 4.80. The van der Waals surface area contributed by atoms with Crippen molar-refractivity contribution in [3.05, 3.63) is 51.5 Å². The first-order valence-electron chi connectivity index (χ1n) is 13.4. The van der Waals surface area contributed by atoms with Crippen LogP contribution in [0.5, 0.6) is 17.2 Å². The van der Waals surface area contributed by atoms with Gasteiger partial charge in [0.15, 0.2) is 0 Å². The van der Waals surface area contributed by atoms with Gasteiger partial charge in [0.1, 0.15) is 34.9 Å². The number of rotatable bonds is 9. The Morgan fingerprint density at radius 1 is 1.21 bits per heavy atom. The van der Waals surface area contributed by atoms with E-state index in [4.69, 9.17) is 19.0 Å². The Kier molecular flexibility index (Phi) is 7.55. The number of nitrogens with one attached hydrogen (secondary N) is 1. The molecule has 2 N–H and O–H groups in total. The third-order valence-electron chi connectivity index (χ3n) is 8.37. The van der Waals surface area contributed by atoms with Gasteiger partial charge in [0.2, 0.25) is 0 Å². The zero-order valence-corrected chi connectivity index (χ0v) is 24.3. The van der Waals surface area contributed by atoms with Gasteiger partial charge in [0.25, 0.3) is 0 Å². The van der Waals surface area contributed by atoms with Gasteiger partial charge >= 0.3 is 0 Å². The second-order valence-electron chi connectivity index (χ2n) is 10.8. The Bertz CT molecular complexity index is 1200. The number of benzene rings is 2. The number of aliphatic hydroxyl groups excluding tert-OH is 1. The second-order valence-corrected chi connectivity index (χ2v) is 12.8. The molecule has 0 aromatic heterocycles. The minimum Gasteiger partial charge on any atom is -0.497 e. The zero-order chi connectivity index (χ0) is 26.3. The maximum absolute atomic E-state index is 10.4. The summed E-state index contributed by atoms with van der Waals surface area (Å²) in [6.07, 6.45) is 4.69. The number of hydrogen-bond donors (Lipinski definition) is 2. The monoisotopic (exact) mass is 602 g/mol. The highest BCUT2D eigenvalue weighted by atomic mass is 79.9. The van der Waals surface area contributed by atoms with Crippen LogP contribution in [-0.2, 0) is 22.6 Å². The van der Waals surface area contributed by atoms with Gasteiger partial charge in [0.05, 0.1) is 31.5 Å². The van der Waals surface area contributed by atoms with Crippen LogP contribution in [0.2, 0.25) is 0 Å². The van der Waals surface area contributed by atoms with E-state index in [1.54, 1.807) is 14.2 Å². The maximum atomic E-state index is 10.4. The summed E-state index contributed by atoms with van der Waals surface area (Å²) in [5, 5.41) is 18.6. The summed E-state index contributed by atoms with van der Waals surface area (Å²) in [6, 6.07) is 10.4. The molecule has 2 fully saturated rings. The highest BCUT2D eigenvalue weighted by Crippen LogP contribution is 2.61. The molecule has 0 amide bonds. The SMILES string of the molecule is CO/N=C1\C[C@H]2Oc3c(Br)c(OCC4CC4)cc4c3[C@@]2(C[C@@H](CO)NC4)[C@H](SCc2ccc(OC)cc2)C1. The van der Waals surface area contributed by atoms with Crippen molar-refractivity contribution in [1.29, 1.82) is 0 Å². The number of hydrogen-bond acceptors (Lipinski definition) is 8. The van der Waals surface area contributed by atoms with Crippen LogP contribution in [0.3, 0.4) is 0 Å². The van der Waals surface area contributed by atoms with Crippen molar-refractivity contribution < 1.29 is 24.2 Å². The van der Waals surface area contributed by atoms with E-state index in [2.05, 4.69) is 44.6 Å². The molecule has 2 aliphatic carbocycles. The summed E-state index contributed by atoms with van der Waals surface area (Å²) in [7, 11) is 3.30. The predicted molar refractivity (Wildman–Crippen MR) is 153 cm³/mol. The number of methoxy groups -OCH3 is 1. The van der Waals surface area contributed by atoms with Gasteiger partial charge in [-0.3, -0.25) is 0 Å². The summed E-state index contributed by atoms with van der Waals surface area (Å²) in [5.74, 6) is 4.11. The number of ether oxygens (including phenoxy) is 3. The lowest BCUT2D eigenvalue weighted by Gasteiger charge is -2.45. The molecule has 4 aliphatic rings. The quantitative estimate of drug-likeness (QED) is 0.382. The van der Waals surface area contributed by atoms with Crippen molar-refractivity contribution in [2.24, 2.45) is 11.1 Å². The summed E-state index contributed by atoms with van der Waals surface area (Å²) in [6.45, 7) is 1.50. The smallest absolute Gasteiger partial charge is 0.142 e. The first kappa shape index (κ1) is 26.3. The van der Waals surface area contributed by atoms with E-state index < -0.39 is 0 Å². The van der Waals surface area contributed by atoms with Gasteiger partial charge in [-0.2, -0.15) is 11.8 Å². The molecule has 0 unspecified atom stereocenters.